The van der Waals surface area contributed by atoms with Crippen molar-refractivity contribution in [2.75, 3.05) is 22.1 Å². The van der Waals surface area contributed by atoms with E-state index in [0.29, 0.717) is 0 Å². The van der Waals surface area contributed by atoms with Crippen molar-refractivity contribution < 1.29 is 0 Å². The zero-order valence-corrected chi connectivity index (χ0v) is 24.0. The molecular formula is C31H33IN4. The minimum Gasteiger partial charge on any atom is -0.349 e. The summed E-state index contributed by atoms with van der Waals surface area (Å²) in [6.45, 7) is 9.75. The lowest BCUT2D eigenvalue weighted by atomic mass is 9.61. The second kappa shape index (κ2) is 8.10. The van der Waals surface area contributed by atoms with E-state index in [4.69, 9.17) is 9.97 Å². The van der Waals surface area contributed by atoms with Gasteiger partial charge in [-0.05, 0) is 37.1 Å². The number of rotatable bonds is 3. The van der Waals surface area contributed by atoms with E-state index in [1.165, 1.54) is 22.1 Å². The molecule has 0 bridgehead atoms. The molecule has 4 heterocycles. The first kappa shape index (κ1) is 23.6. The lowest BCUT2D eigenvalue weighted by Gasteiger charge is -2.52. The van der Waals surface area contributed by atoms with Crippen LogP contribution in [0.4, 0.5) is 11.6 Å². The molecule has 36 heavy (non-hydrogen) atoms. The topological polar surface area (TPSA) is 32.3 Å². The van der Waals surface area contributed by atoms with E-state index in [0.717, 1.165) is 23.6 Å². The van der Waals surface area contributed by atoms with Gasteiger partial charge in [0.15, 0.2) is 0 Å². The Morgan fingerprint density at radius 1 is 0.806 bits per heavy atom. The highest BCUT2D eigenvalue weighted by Gasteiger charge is 2.60. The van der Waals surface area contributed by atoms with Crippen molar-refractivity contribution in [1.82, 2.24) is 9.97 Å². The Labute approximate surface area is 224 Å². The molecule has 0 radical (unpaired) electrons. The highest BCUT2D eigenvalue weighted by molar-refractivity contribution is 14.2. The molecule has 4 nitrogen and oxygen atoms in total. The molecule has 0 saturated heterocycles. The highest BCUT2D eigenvalue weighted by atomic mass is 127. The number of aromatic nitrogens is 2. The number of halogens is 1. The predicted octanol–water partition coefficient (Wildman–Crippen LogP) is 6.82. The molecule has 2 aliphatic heterocycles. The van der Waals surface area contributed by atoms with Crippen LogP contribution >= 0.6 is 21.0 Å². The van der Waals surface area contributed by atoms with Crippen LogP contribution in [0.15, 0.2) is 79.0 Å². The second-order valence-corrected chi connectivity index (χ2v) is 14.1. The summed E-state index contributed by atoms with van der Waals surface area (Å²) in [7, 11) is 4.49. The third-order valence-electron chi connectivity index (χ3n) is 8.78. The Kier molecular flexibility index (Phi) is 5.31. The maximum Gasteiger partial charge on any atom is 0.141 e. The third kappa shape index (κ3) is 3.14. The normalized spacial score (nSPS) is 24.7. The summed E-state index contributed by atoms with van der Waals surface area (Å²) in [5, 5.41) is 1.21. The molecule has 0 saturated carbocycles. The number of anilines is 2. The molecule has 0 N–H and O–H groups in total. The first-order chi connectivity index (χ1) is 17.2. The first-order valence-corrected chi connectivity index (χ1v) is 14.6. The fraction of sp³-hybridized carbons (Fsp3) is 0.323. The van der Waals surface area contributed by atoms with Crippen molar-refractivity contribution in [2.24, 2.45) is 0 Å². The molecule has 2 aromatic heterocycles. The minimum absolute atomic E-state index is 0.0963. The summed E-state index contributed by atoms with van der Waals surface area (Å²) in [6, 6.07) is 26.3. The summed E-state index contributed by atoms with van der Waals surface area (Å²) in [5.74, 6) is 2.25. The maximum absolute atomic E-state index is 5.23. The van der Waals surface area contributed by atoms with Gasteiger partial charge in [-0.25, -0.2) is 9.97 Å². The molecule has 0 spiro atoms. The van der Waals surface area contributed by atoms with Crippen LogP contribution in [0.25, 0.3) is 10.9 Å². The van der Waals surface area contributed by atoms with Crippen LogP contribution in [0.3, 0.4) is 0 Å². The van der Waals surface area contributed by atoms with Crippen molar-refractivity contribution in [3.05, 3.63) is 95.7 Å². The van der Waals surface area contributed by atoms with E-state index < -0.39 is 21.0 Å². The lowest BCUT2D eigenvalue weighted by molar-refractivity contribution is 0.372. The van der Waals surface area contributed by atoms with E-state index in [1.54, 1.807) is 3.51 Å². The number of hydrogen-bond donors (Lipinski definition) is 0. The average molecular weight is 589 g/mol. The number of fused-ring (bicyclic) bond motifs is 3. The van der Waals surface area contributed by atoms with E-state index >= 15 is 0 Å². The van der Waals surface area contributed by atoms with Crippen LogP contribution in [-0.2, 0) is 17.3 Å². The molecule has 5 heteroatoms. The summed E-state index contributed by atoms with van der Waals surface area (Å²) >= 11 is -0.483. The Bertz CT molecular complexity index is 1510. The third-order valence-corrected chi connectivity index (χ3v) is 12.7. The molecule has 0 amide bonds. The van der Waals surface area contributed by atoms with Crippen molar-refractivity contribution in [3.63, 3.8) is 0 Å². The Morgan fingerprint density at radius 2 is 1.53 bits per heavy atom. The van der Waals surface area contributed by atoms with Gasteiger partial charge in [0, 0.05) is 72.1 Å². The number of benzene rings is 2. The smallest absolute Gasteiger partial charge is 0.141 e. The van der Waals surface area contributed by atoms with Crippen LogP contribution < -0.4 is 8.01 Å². The highest BCUT2D eigenvalue weighted by Crippen LogP contribution is 2.57. The zero-order valence-electron chi connectivity index (χ0n) is 21.9. The molecule has 4 aromatic rings. The minimum atomic E-state index is -0.483. The Hall–Kier alpha value is -2.80. The van der Waals surface area contributed by atoms with E-state index in [9.17, 15) is 0 Å². The second-order valence-electron chi connectivity index (χ2n) is 11.1. The van der Waals surface area contributed by atoms with Crippen LogP contribution in [0.1, 0.15) is 44.4 Å². The number of para-hydroxylation sites is 1. The van der Waals surface area contributed by atoms with E-state index in [2.05, 4.69) is 123 Å². The summed E-state index contributed by atoms with van der Waals surface area (Å²) in [6.07, 6.45) is 2.88. The predicted molar refractivity (Wildman–Crippen MR) is 161 cm³/mol. The number of nitrogens with zero attached hydrogens (tertiary/aromatic N) is 4. The van der Waals surface area contributed by atoms with Gasteiger partial charge >= 0.3 is 0 Å². The van der Waals surface area contributed by atoms with Crippen molar-refractivity contribution >= 4 is 47.1 Å². The largest absolute Gasteiger partial charge is 0.349 e. The van der Waals surface area contributed by atoms with Gasteiger partial charge in [-0.2, -0.15) is 0 Å². The quantitative estimate of drug-likeness (QED) is 0.194. The number of likely N-dealkylation sites (N-methyl/N-ethyl adjacent to an activating group) is 1. The average Bonchev–Trinajstić information content (AvgIpc) is 3.04. The van der Waals surface area contributed by atoms with E-state index in [1.807, 2.05) is 6.20 Å². The van der Waals surface area contributed by atoms with Gasteiger partial charge in [0.25, 0.3) is 0 Å². The van der Waals surface area contributed by atoms with Gasteiger partial charge in [-0.1, -0.05) is 75.4 Å². The molecule has 2 unspecified atom stereocenters. The summed E-state index contributed by atoms with van der Waals surface area (Å²) < 4.78 is 4.09. The van der Waals surface area contributed by atoms with Crippen LogP contribution in [-0.4, -0.2) is 33.1 Å². The monoisotopic (exact) mass is 588 g/mol. The van der Waals surface area contributed by atoms with Crippen LogP contribution in [0.5, 0.6) is 0 Å². The van der Waals surface area contributed by atoms with Gasteiger partial charge in [-0.15, -0.1) is 0 Å². The van der Waals surface area contributed by atoms with Gasteiger partial charge in [0.2, 0.25) is 0 Å². The Balaban J connectivity index is 1.63. The van der Waals surface area contributed by atoms with Gasteiger partial charge in [0.05, 0.1) is 11.1 Å². The van der Waals surface area contributed by atoms with Gasteiger partial charge < -0.3 is 8.01 Å². The lowest BCUT2D eigenvalue weighted by Crippen LogP contribution is -2.63. The Morgan fingerprint density at radius 3 is 2.28 bits per heavy atom. The molecule has 2 aromatic carbocycles. The van der Waals surface area contributed by atoms with Gasteiger partial charge in [-0.3, -0.25) is 0 Å². The fourth-order valence-electron chi connectivity index (χ4n) is 6.39. The standard InChI is InChI=1S/C31H33IN4/c1-29(2)23-16-12-18-33-26(23)35(5)31(29,4)28-30(3,20-21-13-8-7-9-14-21)24-19-22-15-10-11-17-25(22)34-27(24)36(6)32-28/h7-19H,20H2,1-6H3. The summed E-state index contributed by atoms with van der Waals surface area (Å²) in [4.78, 5) is 12.6. The van der Waals surface area contributed by atoms with E-state index in [-0.39, 0.29) is 16.4 Å². The zero-order chi connectivity index (χ0) is 25.3. The molecule has 6 rings (SSSR count). The van der Waals surface area contributed by atoms with Crippen molar-refractivity contribution in [2.45, 2.75) is 50.5 Å². The first-order valence-electron chi connectivity index (χ1n) is 12.6. The van der Waals surface area contributed by atoms with Crippen LogP contribution in [0, 0.1) is 0 Å². The van der Waals surface area contributed by atoms with Gasteiger partial charge in [0.1, 0.15) is 11.6 Å². The molecule has 0 aliphatic carbocycles. The molecule has 0 fully saturated rings. The number of pyridine rings is 2. The van der Waals surface area contributed by atoms with Crippen molar-refractivity contribution in [3.8, 4) is 0 Å². The van der Waals surface area contributed by atoms with Crippen molar-refractivity contribution in [1.29, 1.82) is 0 Å². The number of hydrogen-bond acceptors (Lipinski definition) is 4. The molecule has 2 aliphatic rings. The molecule has 2 atom stereocenters. The molecule has 184 valence electrons. The fourth-order valence-corrected chi connectivity index (χ4v) is 10.2. The maximum atomic E-state index is 5.23. The van der Waals surface area contributed by atoms with Crippen LogP contribution in [0.2, 0.25) is 0 Å². The molecular weight excluding hydrogens is 555 g/mol. The SMILES string of the molecule is CN1I=C(C2(C)N(C)c3ncccc3C2(C)C)C(C)(Cc2ccccc2)c2cc3ccccc3nc21. The summed E-state index contributed by atoms with van der Waals surface area (Å²) in [5.41, 5.74) is 4.64.